The summed E-state index contributed by atoms with van der Waals surface area (Å²) in [6, 6.07) is 10.4. The highest BCUT2D eigenvalue weighted by Crippen LogP contribution is 2.37. The summed E-state index contributed by atoms with van der Waals surface area (Å²) >= 11 is 0. The molecule has 0 bridgehead atoms. The monoisotopic (exact) mass is 382 g/mol. The van der Waals surface area contributed by atoms with Gasteiger partial charge in [-0.25, -0.2) is 0 Å². The lowest BCUT2D eigenvalue weighted by molar-refractivity contribution is 0.208. The van der Waals surface area contributed by atoms with Crippen molar-refractivity contribution in [1.82, 2.24) is 19.7 Å². The Morgan fingerprint density at radius 1 is 1.00 bits per heavy atom. The number of hydrogen-bond acceptors (Lipinski definition) is 6. The average Bonchev–Trinajstić information content (AvgIpc) is 3.09. The summed E-state index contributed by atoms with van der Waals surface area (Å²) in [5, 5.41) is 25.4. The SMILES string of the molecule is CC(O)CNc1nc(NCc2ccccc2)c2nnc(C(C)C)c-2n1C(C)C. The molecule has 0 saturated heterocycles. The Kier molecular flexibility index (Phi) is 6.14. The molecule has 7 nitrogen and oxygen atoms in total. The number of rotatable bonds is 8. The van der Waals surface area contributed by atoms with Gasteiger partial charge in [0.15, 0.2) is 11.5 Å². The second-order valence-corrected chi connectivity index (χ2v) is 7.75. The van der Waals surface area contributed by atoms with E-state index in [1.54, 1.807) is 6.92 Å². The van der Waals surface area contributed by atoms with Crippen molar-refractivity contribution in [3.8, 4) is 11.4 Å². The molecule has 2 aliphatic rings. The first-order valence-electron chi connectivity index (χ1n) is 9.86. The fraction of sp³-hybridized carbons (Fsp3) is 0.476. The van der Waals surface area contributed by atoms with E-state index < -0.39 is 6.10 Å². The number of benzene rings is 1. The second-order valence-electron chi connectivity index (χ2n) is 7.75. The number of aromatic nitrogens is 4. The number of hydrogen-bond donors (Lipinski definition) is 3. The van der Waals surface area contributed by atoms with Crippen LogP contribution in [0.15, 0.2) is 30.3 Å². The van der Waals surface area contributed by atoms with E-state index in [0.717, 1.165) is 17.1 Å². The molecule has 3 N–H and O–H groups in total. The lowest BCUT2D eigenvalue weighted by Crippen LogP contribution is -2.23. The van der Waals surface area contributed by atoms with Crippen LogP contribution in [0.4, 0.5) is 11.8 Å². The fourth-order valence-corrected chi connectivity index (χ4v) is 3.20. The summed E-state index contributed by atoms with van der Waals surface area (Å²) < 4.78 is 2.13. The summed E-state index contributed by atoms with van der Waals surface area (Å²) in [6.45, 7) is 11.3. The fourth-order valence-electron chi connectivity index (χ4n) is 3.20. The molecule has 3 rings (SSSR count). The maximum absolute atomic E-state index is 9.74. The summed E-state index contributed by atoms with van der Waals surface area (Å²) in [5.41, 5.74) is 3.88. The minimum atomic E-state index is -0.473. The normalized spacial score (nSPS) is 12.7. The zero-order valence-electron chi connectivity index (χ0n) is 17.3. The van der Waals surface area contributed by atoms with E-state index >= 15 is 0 Å². The molecule has 7 heteroatoms. The molecule has 1 aromatic rings. The van der Waals surface area contributed by atoms with Gasteiger partial charge in [-0.15, -0.1) is 5.10 Å². The molecule has 1 atom stereocenters. The van der Waals surface area contributed by atoms with Crippen LogP contribution in [0, 0.1) is 0 Å². The highest BCUT2D eigenvalue weighted by atomic mass is 16.3. The Morgan fingerprint density at radius 2 is 1.71 bits per heavy atom. The van der Waals surface area contributed by atoms with E-state index in [9.17, 15) is 5.11 Å². The second kappa shape index (κ2) is 8.56. The third-order valence-electron chi connectivity index (χ3n) is 4.56. The molecule has 0 fully saturated rings. The molecular weight excluding hydrogens is 352 g/mol. The molecule has 0 saturated carbocycles. The quantitative estimate of drug-likeness (QED) is 0.548. The number of nitrogens with one attached hydrogen (secondary N) is 2. The Balaban J connectivity index is 2.07. The predicted octanol–water partition coefficient (Wildman–Crippen LogP) is 3.89. The average molecular weight is 383 g/mol. The highest BCUT2D eigenvalue weighted by molar-refractivity contribution is 5.74. The molecule has 0 radical (unpaired) electrons. The maximum Gasteiger partial charge on any atom is 0.205 e. The van der Waals surface area contributed by atoms with Gasteiger partial charge in [0.2, 0.25) is 5.95 Å². The minimum absolute atomic E-state index is 0.165. The van der Waals surface area contributed by atoms with Gasteiger partial charge in [0.05, 0.1) is 17.5 Å². The van der Waals surface area contributed by atoms with Gasteiger partial charge in [-0.3, -0.25) is 0 Å². The van der Waals surface area contributed by atoms with Gasteiger partial charge in [-0.05, 0) is 32.3 Å². The largest absolute Gasteiger partial charge is 0.392 e. The van der Waals surface area contributed by atoms with Gasteiger partial charge in [-0.1, -0.05) is 44.2 Å². The molecule has 28 heavy (non-hydrogen) atoms. The summed E-state index contributed by atoms with van der Waals surface area (Å²) in [4.78, 5) is 4.81. The van der Waals surface area contributed by atoms with Crippen molar-refractivity contribution in [2.45, 2.75) is 59.2 Å². The molecule has 150 valence electrons. The van der Waals surface area contributed by atoms with Crippen LogP contribution in [-0.4, -0.2) is 37.5 Å². The Bertz CT molecular complexity index is 872. The highest BCUT2D eigenvalue weighted by Gasteiger charge is 2.27. The number of nitrogens with zero attached hydrogens (tertiary/aromatic N) is 4. The van der Waals surface area contributed by atoms with Gasteiger partial charge in [0.1, 0.15) is 0 Å². The van der Waals surface area contributed by atoms with Crippen LogP contribution in [0.1, 0.15) is 57.8 Å². The molecular formula is C21H30N6O. The molecule has 0 amide bonds. The zero-order valence-corrected chi connectivity index (χ0v) is 17.3. The summed E-state index contributed by atoms with van der Waals surface area (Å²) in [7, 11) is 0. The van der Waals surface area contributed by atoms with E-state index in [1.807, 2.05) is 18.2 Å². The number of anilines is 2. The Hall–Kier alpha value is -2.67. The van der Waals surface area contributed by atoms with Crippen molar-refractivity contribution in [2.75, 3.05) is 17.2 Å². The first-order chi connectivity index (χ1) is 13.4. The van der Waals surface area contributed by atoms with Crippen molar-refractivity contribution < 1.29 is 5.11 Å². The number of fused-ring (bicyclic) bond motifs is 1. The number of aliphatic hydroxyl groups is 1. The van der Waals surface area contributed by atoms with E-state index in [0.29, 0.717) is 24.9 Å². The minimum Gasteiger partial charge on any atom is -0.392 e. The molecule has 1 unspecified atom stereocenters. The standard InChI is InChI=1S/C21H30N6O/c1-13(2)17-19-18(26-25-17)20(22-12-16-9-7-6-8-10-16)24-21(23-11-15(5)28)27(19)14(3)4/h6-10,13-15,22,28H,11-12H2,1-5H3,(H,23,24). The van der Waals surface area contributed by atoms with Gasteiger partial charge < -0.3 is 20.3 Å². The van der Waals surface area contributed by atoms with Gasteiger partial charge in [0, 0.05) is 19.1 Å². The van der Waals surface area contributed by atoms with Gasteiger partial charge >= 0.3 is 0 Å². The molecule has 2 aliphatic heterocycles. The van der Waals surface area contributed by atoms with E-state index in [2.05, 4.69) is 65.2 Å². The molecule has 0 aromatic heterocycles. The smallest absolute Gasteiger partial charge is 0.205 e. The first-order valence-corrected chi connectivity index (χ1v) is 9.86. The predicted molar refractivity (Wildman–Crippen MR) is 113 cm³/mol. The maximum atomic E-state index is 9.74. The Morgan fingerprint density at radius 3 is 2.32 bits per heavy atom. The number of aliphatic hydroxyl groups excluding tert-OH is 1. The molecule has 0 spiro atoms. The van der Waals surface area contributed by atoms with Crippen LogP contribution in [0.5, 0.6) is 0 Å². The van der Waals surface area contributed by atoms with Crippen molar-refractivity contribution in [3.05, 3.63) is 41.6 Å². The van der Waals surface area contributed by atoms with Crippen LogP contribution in [0.25, 0.3) is 11.4 Å². The van der Waals surface area contributed by atoms with Gasteiger partial charge in [-0.2, -0.15) is 10.1 Å². The van der Waals surface area contributed by atoms with Crippen LogP contribution < -0.4 is 10.6 Å². The van der Waals surface area contributed by atoms with Crippen molar-refractivity contribution in [3.63, 3.8) is 0 Å². The Labute approximate surface area is 166 Å². The van der Waals surface area contributed by atoms with Crippen LogP contribution in [0.3, 0.4) is 0 Å². The zero-order chi connectivity index (χ0) is 20.3. The lowest BCUT2D eigenvalue weighted by atomic mass is 10.1. The van der Waals surface area contributed by atoms with Crippen LogP contribution in [-0.2, 0) is 6.54 Å². The topological polar surface area (TPSA) is 87.9 Å². The van der Waals surface area contributed by atoms with Crippen molar-refractivity contribution in [1.29, 1.82) is 0 Å². The summed E-state index contributed by atoms with van der Waals surface area (Å²) in [5.74, 6) is 1.64. The third kappa shape index (κ3) is 4.25. The van der Waals surface area contributed by atoms with Gasteiger partial charge in [0.25, 0.3) is 0 Å². The molecule has 2 heterocycles. The first kappa shape index (κ1) is 20.1. The summed E-state index contributed by atoms with van der Waals surface area (Å²) in [6.07, 6.45) is -0.473. The van der Waals surface area contributed by atoms with Crippen molar-refractivity contribution in [2.24, 2.45) is 0 Å². The molecule has 0 aliphatic carbocycles. The van der Waals surface area contributed by atoms with E-state index in [1.165, 1.54) is 5.56 Å². The third-order valence-corrected chi connectivity index (χ3v) is 4.56. The van der Waals surface area contributed by atoms with Crippen LogP contribution >= 0.6 is 0 Å². The van der Waals surface area contributed by atoms with E-state index in [-0.39, 0.29) is 12.0 Å². The van der Waals surface area contributed by atoms with E-state index in [4.69, 9.17) is 4.98 Å². The van der Waals surface area contributed by atoms with Crippen LogP contribution in [0.2, 0.25) is 0 Å². The van der Waals surface area contributed by atoms with Crippen molar-refractivity contribution >= 4 is 11.8 Å². The lowest BCUT2D eigenvalue weighted by Gasteiger charge is -2.24. The molecule has 1 aromatic carbocycles.